The standard InChI is InChI=1S/C12H15N5O/c13-9(8-1-2-8)7-16-12(18)10-11-15-4-6-17(11)5-3-14-10/h3-6,8-9H,1-2,7,13H2,(H,16,18). The molecule has 0 aliphatic heterocycles. The van der Waals surface area contributed by atoms with Gasteiger partial charge in [0, 0.05) is 37.4 Å². The van der Waals surface area contributed by atoms with Crippen LogP contribution in [0, 0.1) is 5.92 Å². The highest BCUT2D eigenvalue weighted by atomic mass is 16.1. The summed E-state index contributed by atoms with van der Waals surface area (Å²) in [5.41, 5.74) is 6.85. The number of aromatic nitrogens is 3. The molecule has 3 rings (SSSR count). The maximum Gasteiger partial charge on any atom is 0.273 e. The van der Waals surface area contributed by atoms with Crippen molar-refractivity contribution in [2.75, 3.05) is 6.54 Å². The molecule has 0 aromatic carbocycles. The van der Waals surface area contributed by atoms with Gasteiger partial charge in [-0.2, -0.15) is 0 Å². The molecule has 1 amide bonds. The van der Waals surface area contributed by atoms with Crippen LogP contribution in [0.1, 0.15) is 23.3 Å². The summed E-state index contributed by atoms with van der Waals surface area (Å²) in [7, 11) is 0. The summed E-state index contributed by atoms with van der Waals surface area (Å²) in [5.74, 6) is 0.350. The maximum absolute atomic E-state index is 12.0. The Kier molecular flexibility index (Phi) is 2.71. The topological polar surface area (TPSA) is 85.3 Å². The van der Waals surface area contributed by atoms with Crippen molar-refractivity contribution >= 4 is 11.6 Å². The molecule has 6 nitrogen and oxygen atoms in total. The van der Waals surface area contributed by atoms with Crippen molar-refractivity contribution in [3.05, 3.63) is 30.5 Å². The molecule has 3 N–H and O–H groups in total. The van der Waals surface area contributed by atoms with Gasteiger partial charge in [-0.05, 0) is 18.8 Å². The highest BCUT2D eigenvalue weighted by Gasteiger charge is 2.28. The van der Waals surface area contributed by atoms with E-state index < -0.39 is 0 Å². The molecule has 1 unspecified atom stereocenters. The Morgan fingerprint density at radius 2 is 2.17 bits per heavy atom. The minimum absolute atomic E-state index is 0.0495. The van der Waals surface area contributed by atoms with Gasteiger partial charge in [-0.1, -0.05) is 0 Å². The molecule has 0 spiro atoms. The Morgan fingerprint density at radius 1 is 1.44 bits per heavy atom. The number of nitrogens with zero attached hydrogens (tertiary/aromatic N) is 3. The lowest BCUT2D eigenvalue weighted by Crippen LogP contribution is -2.39. The van der Waals surface area contributed by atoms with Gasteiger partial charge in [0.15, 0.2) is 11.3 Å². The fraction of sp³-hybridized carbons (Fsp3) is 0.417. The van der Waals surface area contributed by atoms with Crippen LogP contribution in [-0.4, -0.2) is 32.9 Å². The number of fused-ring (bicyclic) bond motifs is 1. The summed E-state index contributed by atoms with van der Waals surface area (Å²) in [6, 6.07) is 0.0495. The van der Waals surface area contributed by atoms with E-state index in [-0.39, 0.29) is 11.9 Å². The number of carbonyl (C=O) groups excluding carboxylic acids is 1. The van der Waals surface area contributed by atoms with E-state index in [4.69, 9.17) is 5.73 Å². The second-order valence-electron chi connectivity index (χ2n) is 4.65. The fourth-order valence-corrected chi connectivity index (χ4v) is 2.00. The highest BCUT2D eigenvalue weighted by Crippen LogP contribution is 2.31. The first-order valence-corrected chi connectivity index (χ1v) is 6.07. The molecular formula is C12H15N5O. The minimum atomic E-state index is -0.220. The third-order valence-corrected chi connectivity index (χ3v) is 3.25. The molecule has 0 radical (unpaired) electrons. The molecule has 0 bridgehead atoms. The van der Waals surface area contributed by atoms with Crippen molar-refractivity contribution < 1.29 is 4.79 Å². The summed E-state index contributed by atoms with van der Waals surface area (Å²) in [5, 5.41) is 2.82. The predicted molar refractivity (Wildman–Crippen MR) is 66.0 cm³/mol. The molecule has 2 heterocycles. The number of hydrogen-bond acceptors (Lipinski definition) is 4. The molecule has 94 valence electrons. The van der Waals surface area contributed by atoms with E-state index in [0.717, 1.165) is 0 Å². The van der Waals surface area contributed by atoms with Crippen molar-refractivity contribution in [1.82, 2.24) is 19.7 Å². The average molecular weight is 245 g/mol. The van der Waals surface area contributed by atoms with Crippen molar-refractivity contribution in [2.24, 2.45) is 11.7 Å². The molecule has 6 heteroatoms. The number of imidazole rings is 1. The van der Waals surface area contributed by atoms with Crippen LogP contribution in [0.25, 0.3) is 5.65 Å². The lowest BCUT2D eigenvalue weighted by Gasteiger charge is -2.11. The van der Waals surface area contributed by atoms with Crippen LogP contribution in [0.3, 0.4) is 0 Å². The summed E-state index contributed by atoms with van der Waals surface area (Å²) in [6.07, 6.45) is 9.11. The molecule has 1 atom stereocenters. The van der Waals surface area contributed by atoms with E-state index in [2.05, 4.69) is 15.3 Å². The van der Waals surface area contributed by atoms with E-state index in [1.807, 2.05) is 0 Å². The first-order valence-electron chi connectivity index (χ1n) is 6.07. The summed E-state index contributed by atoms with van der Waals surface area (Å²) < 4.78 is 1.77. The van der Waals surface area contributed by atoms with Gasteiger partial charge in [0.2, 0.25) is 0 Å². The van der Waals surface area contributed by atoms with Gasteiger partial charge in [-0.3, -0.25) is 4.79 Å². The average Bonchev–Trinajstić information content (AvgIpc) is 3.12. The van der Waals surface area contributed by atoms with E-state index >= 15 is 0 Å². The van der Waals surface area contributed by atoms with Crippen molar-refractivity contribution in [3.8, 4) is 0 Å². The summed E-state index contributed by atoms with van der Waals surface area (Å²) in [4.78, 5) is 20.2. The Balaban J connectivity index is 1.73. The van der Waals surface area contributed by atoms with Crippen LogP contribution >= 0.6 is 0 Å². The number of hydrogen-bond donors (Lipinski definition) is 2. The molecule has 0 saturated heterocycles. The third-order valence-electron chi connectivity index (χ3n) is 3.25. The summed E-state index contributed by atoms with van der Waals surface area (Å²) in [6.45, 7) is 0.493. The fourth-order valence-electron chi connectivity index (χ4n) is 2.00. The van der Waals surface area contributed by atoms with Gasteiger partial charge in [0.1, 0.15) is 0 Å². The van der Waals surface area contributed by atoms with Crippen LogP contribution in [0.5, 0.6) is 0 Å². The third kappa shape index (κ3) is 2.06. The lowest BCUT2D eigenvalue weighted by molar-refractivity contribution is 0.0946. The van der Waals surface area contributed by atoms with E-state index in [0.29, 0.717) is 23.8 Å². The second kappa shape index (κ2) is 4.38. The minimum Gasteiger partial charge on any atom is -0.349 e. The van der Waals surface area contributed by atoms with Gasteiger partial charge in [-0.15, -0.1) is 0 Å². The maximum atomic E-state index is 12.0. The normalized spacial score (nSPS) is 16.7. The number of carbonyl (C=O) groups is 1. The molecule has 1 aliphatic carbocycles. The molecule has 18 heavy (non-hydrogen) atoms. The zero-order chi connectivity index (χ0) is 12.5. The Morgan fingerprint density at radius 3 is 2.89 bits per heavy atom. The first kappa shape index (κ1) is 11.2. The van der Waals surface area contributed by atoms with Crippen LogP contribution in [0.4, 0.5) is 0 Å². The molecular weight excluding hydrogens is 230 g/mol. The van der Waals surface area contributed by atoms with E-state index in [1.165, 1.54) is 12.8 Å². The summed E-state index contributed by atoms with van der Waals surface area (Å²) >= 11 is 0. The van der Waals surface area contributed by atoms with E-state index in [1.54, 1.807) is 29.2 Å². The van der Waals surface area contributed by atoms with Gasteiger partial charge in [0.25, 0.3) is 5.91 Å². The molecule has 2 aromatic heterocycles. The van der Waals surface area contributed by atoms with Gasteiger partial charge < -0.3 is 15.5 Å². The second-order valence-corrected chi connectivity index (χ2v) is 4.65. The van der Waals surface area contributed by atoms with Crippen LogP contribution in [-0.2, 0) is 0 Å². The Bertz CT molecular complexity index is 575. The monoisotopic (exact) mass is 245 g/mol. The van der Waals surface area contributed by atoms with Crippen LogP contribution in [0.15, 0.2) is 24.8 Å². The molecule has 1 fully saturated rings. The number of nitrogens with one attached hydrogen (secondary N) is 1. The number of amides is 1. The van der Waals surface area contributed by atoms with Gasteiger partial charge in [0.05, 0.1) is 0 Å². The van der Waals surface area contributed by atoms with Crippen molar-refractivity contribution in [1.29, 1.82) is 0 Å². The Labute approximate surface area is 104 Å². The zero-order valence-electron chi connectivity index (χ0n) is 9.91. The van der Waals surface area contributed by atoms with Crippen molar-refractivity contribution in [2.45, 2.75) is 18.9 Å². The largest absolute Gasteiger partial charge is 0.349 e. The quantitative estimate of drug-likeness (QED) is 0.805. The Hall–Kier alpha value is -1.95. The van der Waals surface area contributed by atoms with Crippen LogP contribution in [0.2, 0.25) is 0 Å². The predicted octanol–water partition coefficient (Wildman–Crippen LogP) is 0.196. The van der Waals surface area contributed by atoms with Gasteiger partial charge >= 0.3 is 0 Å². The molecule has 2 aromatic rings. The van der Waals surface area contributed by atoms with Crippen LogP contribution < -0.4 is 11.1 Å². The molecule has 1 saturated carbocycles. The zero-order valence-corrected chi connectivity index (χ0v) is 9.91. The lowest BCUT2D eigenvalue weighted by atomic mass is 10.2. The van der Waals surface area contributed by atoms with E-state index in [9.17, 15) is 4.79 Å². The van der Waals surface area contributed by atoms with Gasteiger partial charge in [-0.25, -0.2) is 9.97 Å². The van der Waals surface area contributed by atoms with Crippen molar-refractivity contribution in [3.63, 3.8) is 0 Å². The number of nitrogens with two attached hydrogens (primary N) is 1. The molecule has 1 aliphatic rings. The number of rotatable bonds is 4. The SMILES string of the molecule is NC(CNC(=O)c1nccn2ccnc12)C1CC1. The smallest absolute Gasteiger partial charge is 0.273 e. The first-order chi connectivity index (χ1) is 8.75. The highest BCUT2D eigenvalue weighted by molar-refractivity contribution is 5.97.